The Labute approximate surface area is 235 Å². The molecule has 2 fully saturated rings. The van der Waals surface area contributed by atoms with Gasteiger partial charge in [0.15, 0.2) is 5.69 Å². The quantitative estimate of drug-likeness (QED) is 0.369. The Bertz CT molecular complexity index is 1280. The van der Waals surface area contributed by atoms with E-state index >= 15 is 0 Å². The summed E-state index contributed by atoms with van der Waals surface area (Å²) in [7, 11) is 0. The lowest BCUT2D eigenvalue weighted by atomic mass is 9.79. The predicted molar refractivity (Wildman–Crippen MR) is 153 cm³/mol. The molecule has 0 spiro atoms. The van der Waals surface area contributed by atoms with Gasteiger partial charge in [-0.25, -0.2) is 9.78 Å². The van der Waals surface area contributed by atoms with Crippen LogP contribution in [0.5, 0.6) is 0 Å². The van der Waals surface area contributed by atoms with E-state index in [0.717, 1.165) is 56.5 Å². The van der Waals surface area contributed by atoms with Crippen molar-refractivity contribution in [3.63, 3.8) is 0 Å². The first kappa shape index (κ1) is 27.9. The van der Waals surface area contributed by atoms with E-state index in [9.17, 15) is 14.7 Å². The number of hydrogen-bond donors (Lipinski definition) is 3. The van der Waals surface area contributed by atoms with Crippen molar-refractivity contribution >= 4 is 12.0 Å². The van der Waals surface area contributed by atoms with Gasteiger partial charge in [-0.15, -0.1) is 0 Å². The molecule has 3 atom stereocenters. The maximum Gasteiger partial charge on any atom is 0.404 e. The van der Waals surface area contributed by atoms with Crippen LogP contribution in [0.3, 0.4) is 0 Å². The smallest absolute Gasteiger partial charge is 0.404 e. The first-order chi connectivity index (χ1) is 19.5. The number of rotatable bonds is 9. The van der Waals surface area contributed by atoms with Crippen LogP contribution in [0.2, 0.25) is 0 Å². The summed E-state index contributed by atoms with van der Waals surface area (Å²) in [4.78, 5) is 32.5. The summed E-state index contributed by atoms with van der Waals surface area (Å²) in [6, 6.07) is 20.0. The first-order valence-corrected chi connectivity index (χ1v) is 14.3. The van der Waals surface area contributed by atoms with Crippen LogP contribution in [-0.2, 0) is 11.2 Å². The van der Waals surface area contributed by atoms with Crippen LogP contribution < -0.4 is 10.6 Å². The summed E-state index contributed by atoms with van der Waals surface area (Å²) in [5, 5.41) is 15.5. The number of ether oxygens (including phenoxy) is 1. The van der Waals surface area contributed by atoms with Crippen LogP contribution in [0.4, 0.5) is 4.79 Å². The minimum absolute atomic E-state index is 0.00869. The molecule has 5 rings (SSSR count). The van der Waals surface area contributed by atoms with E-state index in [-0.39, 0.29) is 24.5 Å². The highest BCUT2D eigenvalue weighted by atomic mass is 16.5. The molecule has 2 aromatic carbocycles. The van der Waals surface area contributed by atoms with E-state index < -0.39 is 11.7 Å². The van der Waals surface area contributed by atoms with Gasteiger partial charge in [0.1, 0.15) is 5.60 Å². The molecular formula is C31H39N5O4. The van der Waals surface area contributed by atoms with Crippen LogP contribution in [0.15, 0.2) is 67.0 Å². The third-order valence-corrected chi connectivity index (χ3v) is 8.21. The maximum absolute atomic E-state index is 14.3. The summed E-state index contributed by atoms with van der Waals surface area (Å²) in [6.07, 6.45) is 4.90. The number of carboxylic acid groups (broad SMARTS) is 1. The molecule has 40 heavy (non-hydrogen) atoms. The molecule has 2 heterocycles. The van der Waals surface area contributed by atoms with Crippen LogP contribution in [0.25, 0.3) is 11.3 Å². The second-order valence-electron chi connectivity index (χ2n) is 10.7. The Balaban J connectivity index is 1.55. The maximum atomic E-state index is 14.3. The molecule has 0 radical (unpaired) electrons. The number of imidazole rings is 1. The summed E-state index contributed by atoms with van der Waals surface area (Å²) < 4.78 is 8.45. The van der Waals surface area contributed by atoms with Gasteiger partial charge < -0.3 is 29.9 Å². The van der Waals surface area contributed by atoms with E-state index in [4.69, 9.17) is 9.72 Å². The van der Waals surface area contributed by atoms with E-state index in [2.05, 4.69) is 27.3 Å². The molecule has 3 N–H and O–H groups in total. The number of aromatic nitrogens is 2. The first-order valence-electron chi connectivity index (χ1n) is 14.3. The molecule has 1 saturated heterocycles. The van der Waals surface area contributed by atoms with Crippen molar-refractivity contribution in [1.82, 2.24) is 25.1 Å². The Morgan fingerprint density at radius 2 is 1.88 bits per heavy atom. The monoisotopic (exact) mass is 545 g/mol. The van der Waals surface area contributed by atoms with E-state index in [1.807, 2.05) is 60.4 Å². The molecule has 9 heteroatoms. The molecule has 1 aromatic heterocycles. The average Bonchev–Trinajstić information content (AvgIpc) is 3.42. The van der Waals surface area contributed by atoms with Crippen molar-refractivity contribution in [2.45, 2.75) is 56.7 Å². The number of carbonyl (C=O) groups excluding carboxylic acids is 1. The zero-order valence-corrected chi connectivity index (χ0v) is 23.1. The Kier molecular flexibility index (Phi) is 8.81. The molecule has 2 aliphatic rings. The molecule has 0 bridgehead atoms. The van der Waals surface area contributed by atoms with Gasteiger partial charge in [-0.05, 0) is 31.7 Å². The molecule has 3 aromatic rings. The topological polar surface area (TPSA) is 109 Å². The van der Waals surface area contributed by atoms with E-state index in [1.165, 1.54) is 5.56 Å². The highest BCUT2D eigenvalue weighted by molar-refractivity contribution is 5.98. The number of hydrogen-bond acceptors (Lipinski definition) is 5. The second-order valence-corrected chi connectivity index (χ2v) is 10.7. The third-order valence-electron chi connectivity index (χ3n) is 8.21. The van der Waals surface area contributed by atoms with Gasteiger partial charge in [0.25, 0.3) is 5.91 Å². The Morgan fingerprint density at radius 3 is 2.60 bits per heavy atom. The summed E-state index contributed by atoms with van der Waals surface area (Å²) >= 11 is 0. The highest BCUT2D eigenvalue weighted by Gasteiger charge is 2.45. The summed E-state index contributed by atoms with van der Waals surface area (Å²) in [5.74, 6) is -0.0819. The van der Waals surface area contributed by atoms with Crippen LogP contribution in [0, 0.1) is 0 Å². The highest BCUT2D eigenvalue weighted by Crippen LogP contribution is 2.43. The summed E-state index contributed by atoms with van der Waals surface area (Å²) in [6.45, 7) is 4.63. The fraction of sp³-hybridized carbons (Fsp3) is 0.452. The van der Waals surface area contributed by atoms with Gasteiger partial charge in [-0.3, -0.25) is 4.79 Å². The minimum atomic E-state index is -1.07. The number of nitrogens with one attached hydrogen (secondary N) is 2. The van der Waals surface area contributed by atoms with Crippen molar-refractivity contribution in [3.05, 3.63) is 78.2 Å². The molecule has 2 unspecified atom stereocenters. The lowest BCUT2D eigenvalue weighted by Crippen LogP contribution is -2.54. The fourth-order valence-corrected chi connectivity index (χ4v) is 6.39. The zero-order chi connectivity index (χ0) is 28.0. The SMILES string of the molecule is CCOC1(CNC(=O)O)CCCCC1n1cnc(C(=O)N2CCNC[C@H]2Cc2ccccc2)c1-c1ccccc1. The minimum Gasteiger partial charge on any atom is -0.465 e. The predicted octanol–water partition coefficient (Wildman–Crippen LogP) is 4.36. The third kappa shape index (κ3) is 5.90. The van der Waals surface area contributed by atoms with E-state index in [1.54, 1.807) is 6.33 Å². The lowest BCUT2D eigenvalue weighted by molar-refractivity contribution is -0.0949. The Morgan fingerprint density at radius 1 is 1.12 bits per heavy atom. The largest absolute Gasteiger partial charge is 0.465 e. The van der Waals surface area contributed by atoms with Crippen molar-refractivity contribution in [2.75, 3.05) is 32.8 Å². The Hall–Kier alpha value is -3.69. The van der Waals surface area contributed by atoms with Crippen LogP contribution in [0.1, 0.15) is 54.7 Å². The second kappa shape index (κ2) is 12.7. The van der Waals surface area contributed by atoms with Gasteiger partial charge in [-0.1, -0.05) is 73.5 Å². The molecule has 212 valence electrons. The van der Waals surface area contributed by atoms with Gasteiger partial charge >= 0.3 is 6.09 Å². The van der Waals surface area contributed by atoms with Gasteiger partial charge in [0, 0.05) is 37.8 Å². The number of amides is 2. The molecular weight excluding hydrogens is 506 g/mol. The van der Waals surface area contributed by atoms with Crippen LogP contribution in [-0.4, -0.2) is 76.0 Å². The van der Waals surface area contributed by atoms with Gasteiger partial charge in [0.2, 0.25) is 0 Å². The lowest BCUT2D eigenvalue weighted by Gasteiger charge is -2.44. The fourth-order valence-electron chi connectivity index (χ4n) is 6.39. The standard InChI is InChI=1S/C31H39N5O4/c1-2-40-31(21-33-30(38)39)16-10-9-15-26(31)36-22-34-27(28(36)24-13-7-4-8-14-24)29(37)35-18-17-32-20-25(35)19-23-11-5-3-6-12-23/h3-8,11-14,22,25-26,32-33H,2,9-10,15-21H2,1H3,(H,38,39)/t25-,26?,31?/m1/s1. The molecule has 1 saturated carbocycles. The summed E-state index contributed by atoms with van der Waals surface area (Å²) in [5.41, 5.74) is 2.54. The molecule has 1 aliphatic heterocycles. The van der Waals surface area contributed by atoms with Crippen molar-refractivity contribution in [3.8, 4) is 11.3 Å². The number of nitrogens with zero attached hydrogens (tertiary/aromatic N) is 3. The van der Waals surface area contributed by atoms with Crippen molar-refractivity contribution < 1.29 is 19.4 Å². The van der Waals surface area contributed by atoms with Crippen molar-refractivity contribution in [1.29, 1.82) is 0 Å². The molecule has 2 amide bonds. The zero-order valence-electron chi connectivity index (χ0n) is 23.1. The number of carbonyl (C=O) groups is 2. The molecule has 1 aliphatic carbocycles. The van der Waals surface area contributed by atoms with Gasteiger partial charge in [0.05, 0.1) is 24.6 Å². The average molecular weight is 546 g/mol. The molecule has 9 nitrogen and oxygen atoms in total. The normalized spacial score (nSPS) is 23.1. The number of benzene rings is 2. The van der Waals surface area contributed by atoms with Gasteiger partial charge in [-0.2, -0.15) is 0 Å². The number of piperazine rings is 1. The van der Waals surface area contributed by atoms with Crippen LogP contribution >= 0.6 is 0 Å². The van der Waals surface area contributed by atoms with E-state index in [0.29, 0.717) is 18.8 Å². The van der Waals surface area contributed by atoms with Crippen molar-refractivity contribution in [2.24, 2.45) is 0 Å².